The molecule has 1 aliphatic rings. The molecule has 1 atom stereocenters. The first-order valence-corrected chi connectivity index (χ1v) is 10.0. The van der Waals surface area contributed by atoms with Crippen LogP contribution in [-0.2, 0) is 14.3 Å². The van der Waals surface area contributed by atoms with Gasteiger partial charge in [0.05, 0.1) is 18.8 Å². The van der Waals surface area contributed by atoms with Crippen molar-refractivity contribution >= 4 is 34.0 Å². The molecule has 1 amide bonds. The number of ether oxygens (including phenoxy) is 2. The van der Waals surface area contributed by atoms with E-state index < -0.39 is 12.1 Å². The molecule has 0 bridgehead atoms. The van der Waals surface area contributed by atoms with Crippen molar-refractivity contribution in [2.24, 2.45) is 0 Å². The molecule has 1 fully saturated rings. The van der Waals surface area contributed by atoms with E-state index in [-0.39, 0.29) is 5.91 Å². The van der Waals surface area contributed by atoms with Crippen molar-refractivity contribution in [1.82, 2.24) is 0 Å². The summed E-state index contributed by atoms with van der Waals surface area (Å²) in [5.41, 5.74) is 2.19. The zero-order valence-corrected chi connectivity index (χ0v) is 16.8. The third-order valence-corrected chi connectivity index (χ3v) is 5.17. The lowest BCUT2D eigenvalue weighted by Crippen LogP contribution is -2.36. The summed E-state index contributed by atoms with van der Waals surface area (Å²) in [5.74, 6) is -0.889. The Morgan fingerprint density at radius 2 is 1.67 bits per heavy atom. The van der Waals surface area contributed by atoms with Crippen molar-refractivity contribution < 1.29 is 19.1 Å². The van der Waals surface area contributed by atoms with E-state index in [1.165, 1.54) is 0 Å². The molecule has 0 radical (unpaired) electrons. The van der Waals surface area contributed by atoms with Gasteiger partial charge in [0, 0.05) is 24.5 Å². The molecule has 0 aliphatic carbocycles. The van der Waals surface area contributed by atoms with Crippen LogP contribution in [0, 0.1) is 0 Å². The lowest BCUT2D eigenvalue weighted by molar-refractivity contribution is -0.123. The topological polar surface area (TPSA) is 67.9 Å². The molecule has 1 N–H and O–H groups in total. The lowest BCUT2D eigenvalue weighted by Gasteiger charge is -2.28. The van der Waals surface area contributed by atoms with Crippen LogP contribution >= 0.6 is 0 Å². The number of amides is 1. The number of carbonyl (C=O) groups is 2. The Bertz CT molecular complexity index is 1040. The molecule has 3 aromatic rings. The number of rotatable bonds is 5. The average Bonchev–Trinajstić information content (AvgIpc) is 2.79. The van der Waals surface area contributed by atoms with E-state index in [0.29, 0.717) is 11.3 Å². The first-order valence-electron chi connectivity index (χ1n) is 10.0. The number of esters is 1. The molecule has 0 saturated carbocycles. The van der Waals surface area contributed by atoms with Gasteiger partial charge in [-0.25, -0.2) is 4.79 Å². The number of carbonyl (C=O) groups excluding carboxylic acids is 2. The van der Waals surface area contributed by atoms with Gasteiger partial charge in [-0.3, -0.25) is 4.79 Å². The van der Waals surface area contributed by atoms with Crippen LogP contribution < -0.4 is 10.2 Å². The monoisotopic (exact) mass is 404 g/mol. The summed E-state index contributed by atoms with van der Waals surface area (Å²) in [7, 11) is 0. The molecule has 1 unspecified atom stereocenters. The molecule has 4 rings (SSSR count). The van der Waals surface area contributed by atoms with E-state index in [2.05, 4.69) is 10.2 Å². The Kier molecular flexibility index (Phi) is 5.95. The predicted molar refractivity (Wildman–Crippen MR) is 117 cm³/mol. The highest BCUT2D eigenvalue weighted by atomic mass is 16.5. The minimum absolute atomic E-state index is 0.372. The summed E-state index contributed by atoms with van der Waals surface area (Å²) >= 11 is 0. The van der Waals surface area contributed by atoms with Gasteiger partial charge in [-0.2, -0.15) is 0 Å². The van der Waals surface area contributed by atoms with Crippen molar-refractivity contribution in [3.63, 3.8) is 0 Å². The number of anilines is 2. The van der Waals surface area contributed by atoms with Crippen LogP contribution in [0.1, 0.15) is 17.3 Å². The number of hydrogen-bond donors (Lipinski definition) is 1. The van der Waals surface area contributed by atoms with Crippen LogP contribution in [-0.4, -0.2) is 44.3 Å². The summed E-state index contributed by atoms with van der Waals surface area (Å²) in [4.78, 5) is 27.4. The molecular weight excluding hydrogens is 380 g/mol. The van der Waals surface area contributed by atoms with E-state index in [0.717, 1.165) is 42.8 Å². The molecular formula is C24H24N2O4. The molecule has 154 valence electrons. The highest BCUT2D eigenvalue weighted by Gasteiger charge is 2.20. The van der Waals surface area contributed by atoms with Crippen LogP contribution in [0.15, 0.2) is 66.7 Å². The van der Waals surface area contributed by atoms with Crippen molar-refractivity contribution in [3.05, 3.63) is 72.3 Å². The summed E-state index contributed by atoms with van der Waals surface area (Å²) in [6.07, 6.45) is -0.921. The molecule has 3 aromatic carbocycles. The van der Waals surface area contributed by atoms with Crippen LogP contribution in [0.2, 0.25) is 0 Å². The maximum absolute atomic E-state index is 12.6. The highest BCUT2D eigenvalue weighted by Crippen LogP contribution is 2.21. The summed E-state index contributed by atoms with van der Waals surface area (Å²) in [5, 5.41) is 4.56. The first kappa shape index (κ1) is 19.9. The van der Waals surface area contributed by atoms with Crippen molar-refractivity contribution in [1.29, 1.82) is 0 Å². The summed E-state index contributed by atoms with van der Waals surface area (Å²) < 4.78 is 10.8. The zero-order chi connectivity index (χ0) is 20.9. The van der Waals surface area contributed by atoms with E-state index in [4.69, 9.17) is 9.47 Å². The van der Waals surface area contributed by atoms with Gasteiger partial charge in [-0.15, -0.1) is 0 Å². The van der Waals surface area contributed by atoms with Gasteiger partial charge < -0.3 is 19.7 Å². The van der Waals surface area contributed by atoms with Crippen LogP contribution in [0.5, 0.6) is 0 Å². The van der Waals surface area contributed by atoms with Gasteiger partial charge in [0.15, 0.2) is 6.10 Å². The largest absolute Gasteiger partial charge is 0.449 e. The molecule has 1 heterocycles. The third-order valence-electron chi connectivity index (χ3n) is 5.17. The maximum atomic E-state index is 12.6. The Morgan fingerprint density at radius 3 is 2.43 bits per heavy atom. The second-order valence-electron chi connectivity index (χ2n) is 7.21. The molecule has 0 aromatic heterocycles. The van der Waals surface area contributed by atoms with Crippen molar-refractivity contribution in [2.75, 3.05) is 36.5 Å². The SMILES string of the molecule is CC(OC(=O)c1cccc2ccccc12)C(=O)Nc1ccc(N2CCOCC2)cc1. The molecule has 30 heavy (non-hydrogen) atoms. The molecule has 0 spiro atoms. The van der Waals surface area contributed by atoms with Gasteiger partial charge in [0.1, 0.15) is 0 Å². The minimum Gasteiger partial charge on any atom is -0.449 e. The van der Waals surface area contributed by atoms with Crippen LogP contribution in [0.4, 0.5) is 11.4 Å². The van der Waals surface area contributed by atoms with E-state index >= 15 is 0 Å². The Morgan fingerprint density at radius 1 is 0.967 bits per heavy atom. The fourth-order valence-electron chi connectivity index (χ4n) is 3.50. The minimum atomic E-state index is -0.921. The highest BCUT2D eigenvalue weighted by molar-refractivity contribution is 6.05. The first-order chi connectivity index (χ1) is 14.6. The number of nitrogens with zero attached hydrogens (tertiary/aromatic N) is 1. The summed E-state index contributed by atoms with van der Waals surface area (Å²) in [6, 6.07) is 20.7. The van der Waals surface area contributed by atoms with E-state index in [9.17, 15) is 9.59 Å². The molecule has 1 saturated heterocycles. The standard InChI is InChI=1S/C24H24N2O4/c1-17(30-24(28)22-8-4-6-18-5-2-3-7-21(18)22)23(27)25-19-9-11-20(12-10-19)26-13-15-29-16-14-26/h2-12,17H,13-16H2,1H3,(H,25,27). The van der Waals surface area contributed by atoms with E-state index in [1.54, 1.807) is 19.1 Å². The van der Waals surface area contributed by atoms with Gasteiger partial charge in [0.25, 0.3) is 5.91 Å². The van der Waals surface area contributed by atoms with Crippen LogP contribution in [0.3, 0.4) is 0 Å². The Hall–Kier alpha value is -3.38. The Balaban J connectivity index is 1.38. The van der Waals surface area contributed by atoms with E-state index in [1.807, 2.05) is 54.6 Å². The fraction of sp³-hybridized carbons (Fsp3) is 0.250. The Labute approximate surface area is 175 Å². The zero-order valence-electron chi connectivity index (χ0n) is 16.8. The third kappa shape index (κ3) is 4.44. The van der Waals surface area contributed by atoms with Crippen molar-refractivity contribution in [2.45, 2.75) is 13.0 Å². The van der Waals surface area contributed by atoms with Crippen molar-refractivity contribution in [3.8, 4) is 0 Å². The van der Waals surface area contributed by atoms with Gasteiger partial charge in [0.2, 0.25) is 0 Å². The lowest BCUT2D eigenvalue weighted by atomic mass is 10.0. The van der Waals surface area contributed by atoms with Gasteiger partial charge in [-0.1, -0.05) is 36.4 Å². The maximum Gasteiger partial charge on any atom is 0.339 e. The number of hydrogen-bond acceptors (Lipinski definition) is 5. The number of fused-ring (bicyclic) bond motifs is 1. The van der Waals surface area contributed by atoms with Gasteiger partial charge in [-0.05, 0) is 48.0 Å². The second-order valence-corrected chi connectivity index (χ2v) is 7.21. The van der Waals surface area contributed by atoms with Crippen LogP contribution in [0.25, 0.3) is 10.8 Å². The second kappa shape index (κ2) is 8.97. The predicted octanol–water partition coefficient (Wildman–Crippen LogP) is 3.86. The molecule has 1 aliphatic heterocycles. The number of morpholine rings is 1. The quantitative estimate of drug-likeness (QED) is 0.654. The van der Waals surface area contributed by atoms with Gasteiger partial charge >= 0.3 is 5.97 Å². The summed E-state index contributed by atoms with van der Waals surface area (Å²) in [6.45, 7) is 4.72. The smallest absolute Gasteiger partial charge is 0.339 e. The fourth-order valence-corrected chi connectivity index (χ4v) is 3.50. The number of benzene rings is 3. The normalized spacial score (nSPS) is 14.9. The molecule has 6 nitrogen and oxygen atoms in total. The molecule has 6 heteroatoms. The number of nitrogens with one attached hydrogen (secondary N) is 1. The average molecular weight is 404 g/mol.